The zero-order valence-corrected chi connectivity index (χ0v) is 12.4. The minimum atomic E-state index is 0.172. The summed E-state index contributed by atoms with van der Waals surface area (Å²) in [5.41, 5.74) is 3.17. The predicted molar refractivity (Wildman–Crippen MR) is 81.0 cm³/mol. The Hall–Kier alpha value is -1.68. The number of benzene rings is 1. The van der Waals surface area contributed by atoms with Gasteiger partial charge in [0.15, 0.2) is 0 Å². The summed E-state index contributed by atoms with van der Waals surface area (Å²) in [6, 6.07) is 6.06. The van der Waals surface area contributed by atoms with Crippen LogP contribution in [0.15, 0.2) is 30.6 Å². The van der Waals surface area contributed by atoms with Gasteiger partial charge in [0.1, 0.15) is 0 Å². The van der Waals surface area contributed by atoms with Crippen LogP contribution in [0.25, 0.3) is 0 Å². The van der Waals surface area contributed by atoms with E-state index >= 15 is 0 Å². The lowest BCUT2D eigenvalue weighted by Crippen LogP contribution is -2.14. The summed E-state index contributed by atoms with van der Waals surface area (Å²) in [7, 11) is 5.89. The third kappa shape index (κ3) is 3.01. The van der Waals surface area contributed by atoms with Crippen LogP contribution in [0, 0.1) is 0 Å². The molecule has 0 bridgehead atoms. The Kier molecular flexibility index (Phi) is 4.00. The Morgan fingerprint density at radius 1 is 1.37 bits per heavy atom. The summed E-state index contributed by atoms with van der Waals surface area (Å²) in [4.78, 5) is 2.01. The van der Waals surface area contributed by atoms with E-state index in [-0.39, 0.29) is 6.04 Å². The van der Waals surface area contributed by atoms with Gasteiger partial charge in [-0.2, -0.15) is 5.10 Å². The maximum Gasteiger partial charge on any atom is 0.0786 e. The molecule has 0 aliphatic carbocycles. The van der Waals surface area contributed by atoms with Gasteiger partial charge in [0.2, 0.25) is 0 Å². The van der Waals surface area contributed by atoms with Crippen LogP contribution in [-0.2, 0) is 7.05 Å². The van der Waals surface area contributed by atoms with E-state index in [0.717, 1.165) is 22.0 Å². The van der Waals surface area contributed by atoms with Gasteiger partial charge in [-0.1, -0.05) is 17.7 Å². The SMILES string of the molecule is CC(Nc1cccc(Cl)c1N(C)C)c1cnn(C)c1. The van der Waals surface area contributed by atoms with Gasteiger partial charge in [0, 0.05) is 32.9 Å². The predicted octanol–water partition coefficient (Wildman–Crippen LogP) is 3.31. The average Bonchev–Trinajstić information content (AvgIpc) is 2.75. The van der Waals surface area contributed by atoms with Crippen molar-refractivity contribution >= 4 is 23.0 Å². The molecule has 0 spiro atoms. The average molecular weight is 279 g/mol. The molecule has 2 aromatic rings. The highest BCUT2D eigenvalue weighted by molar-refractivity contribution is 6.34. The number of rotatable bonds is 4. The van der Waals surface area contributed by atoms with Crippen molar-refractivity contribution in [2.45, 2.75) is 13.0 Å². The van der Waals surface area contributed by atoms with Crippen molar-refractivity contribution in [2.24, 2.45) is 7.05 Å². The van der Waals surface area contributed by atoms with Crippen molar-refractivity contribution in [1.82, 2.24) is 9.78 Å². The Labute approximate surface area is 119 Å². The highest BCUT2D eigenvalue weighted by Crippen LogP contribution is 2.34. The highest BCUT2D eigenvalue weighted by Gasteiger charge is 2.13. The molecule has 5 heteroatoms. The van der Waals surface area contributed by atoms with Crippen molar-refractivity contribution in [2.75, 3.05) is 24.3 Å². The molecule has 0 fully saturated rings. The van der Waals surface area contributed by atoms with Crippen LogP contribution in [0.5, 0.6) is 0 Å². The number of aryl methyl sites for hydroxylation is 1. The monoisotopic (exact) mass is 278 g/mol. The summed E-state index contributed by atoms with van der Waals surface area (Å²) in [5, 5.41) is 8.42. The van der Waals surface area contributed by atoms with Gasteiger partial charge in [-0.05, 0) is 19.1 Å². The fraction of sp³-hybridized carbons (Fsp3) is 0.357. The van der Waals surface area contributed by atoms with Crippen molar-refractivity contribution in [3.63, 3.8) is 0 Å². The summed E-state index contributed by atoms with van der Waals surface area (Å²) in [6.45, 7) is 2.11. The molecule has 0 saturated heterocycles. The lowest BCUT2D eigenvalue weighted by Gasteiger charge is -2.22. The van der Waals surface area contributed by atoms with E-state index in [4.69, 9.17) is 11.6 Å². The maximum atomic E-state index is 6.26. The van der Waals surface area contributed by atoms with Crippen LogP contribution in [0.4, 0.5) is 11.4 Å². The van der Waals surface area contributed by atoms with Crippen molar-refractivity contribution in [3.8, 4) is 0 Å². The molecule has 2 rings (SSSR count). The second-order valence-electron chi connectivity index (χ2n) is 4.84. The van der Waals surface area contributed by atoms with E-state index in [1.807, 2.05) is 56.6 Å². The number of aromatic nitrogens is 2. The van der Waals surface area contributed by atoms with Gasteiger partial charge in [0.05, 0.1) is 28.6 Å². The molecule has 1 aromatic carbocycles. The van der Waals surface area contributed by atoms with Crippen molar-refractivity contribution < 1.29 is 0 Å². The van der Waals surface area contributed by atoms with Crippen LogP contribution >= 0.6 is 11.6 Å². The Morgan fingerprint density at radius 2 is 2.11 bits per heavy atom. The minimum Gasteiger partial charge on any atom is -0.377 e. The number of nitrogens with zero attached hydrogens (tertiary/aromatic N) is 3. The first-order valence-corrected chi connectivity index (χ1v) is 6.57. The van der Waals surface area contributed by atoms with Gasteiger partial charge in [0.25, 0.3) is 0 Å². The molecular weight excluding hydrogens is 260 g/mol. The molecule has 0 aliphatic rings. The molecule has 0 amide bonds. The number of para-hydroxylation sites is 1. The molecule has 0 aliphatic heterocycles. The standard InChI is InChI=1S/C14H19ClN4/c1-10(11-8-16-19(4)9-11)17-13-7-5-6-12(15)14(13)18(2)3/h5-10,17H,1-4H3. The fourth-order valence-electron chi connectivity index (χ4n) is 2.07. The van der Waals surface area contributed by atoms with Gasteiger partial charge in [-0.25, -0.2) is 0 Å². The first-order valence-electron chi connectivity index (χ1n) is 6.20. The summed E-state index contributed by atoms with van der Waals surface area (Å²) in [5.74, 6) is 0. The molecule has 1 aromatic heterocycles. The second kappa shape index (κ2) is 5.53. The van der Waals surface area contributed by atoms with E-state index in [1.54, 1.807) is 4.68 Å². The molecule has 1 unspecified atom stereocenters. The second-order valence-corrected chi connectivity index (χ2v) is 5.25. The fourth-order valence-corrected chi connectivity index (χ4v) is 2.41. The van der Waals surface area contributed by atoms with Crippen LogP contribution in [0.3, 0.4) is 0 Å². The number of anilines is 2. The topological polar surface area (TPSA) is 33.1 Å². The Bertz CT molecular complexity index is 562. The normalized spacial score (nSPS) is 12.3. The summed E-state index contributed by atoms with van der Waals surface area (Å²) < 4.78 is 1.80. The third-order valence-electron chi connectivity index (χ3n) is 3.03. The van der Waals surface area contributed by atoms with Crippen LogP contribution in [-0.4, -0.2) is 23.9 Å². The molecule has 1 atom stereocenters. The molecule has 19 heavy (non-hydrogen) atoms. The minimum absolute atomic E-state index is 0.172. The summed E-state index contributed by atoms with van der Waals surface area (Å²) in [6.07, 6.45) is 3.88. The molecule has 102 valence electrons. The van der Waals surface area contributed by atoms with Gasteiger partial charge < -0.3 is 10.2 Å². The number of nitrogens with one attached hydrogen (secondary N) is 1. The molecule has 4 nitrogen and oxygen atoms in total. The maximum absolute atomic E-state index is 6.26. The highest BCUT2D eigenvalue weighted by atomic mass is 35.5. The van der Waals surface area contributed by atoms with Crippen LogP contribution < -0.4 is 10.2 Å². The number of hydrogen-bond donors (Lipinski definition) is 1. The first-order chi connectivity index (χ1) is 8.99. The first kappa shape index (κ1) is 13.7. The van der Waals surface area contributed by atoms with E-state index in [9.17, 15) is 0 Å². The zero-order chi connectivity index (χ0) is 14.0. The summed E-state index contributed by atoms with van der Waals surface area (Å²) >= 11 is 6.26. The van der Waals surface area contributed by atoms with Crippen LogP contribution in [0.2, 0.25) is 5.02 Å². The van der Waals surface area contributed by atoms with E-state index in [1.165, 1.54) is 0 Å². The zero-order valence-electron chi connectivity index (χ0n) is 11.7. The van der Waals surface area contributed by atoms with E-state index < -0.39 is 0 Å². The lowest BCUT2D eigenvalue weighted by atomic mass is 10.1. The molecule has 1 N–H and O–H groups in total. The number of halogens is 1. The Balaban J connectivity index is 2.26. The quantitative estimate of drug-likeness (QED) is 0.931. The van der Waals surface area contributed by atoms with Crippen molar-refractivity contribution in [1.29, 1.82) is 0 Å². The van der Waals surface area contributed by atoms with Gasteiger partial charge in [-0.3, -0.25) is 4.68 Å². The largest absolute Gasteiger partial charge is 0.377 e. The molecular formula is C14H19ClN4. The molecule has 0 saturated carbocycles. The Morgan fingerprint density at radius 3 is 2.68 bits per heavy atom. The third-order valence-corrected chi connectivity index (χ3v) is 3.34. The van der Waals surface area contributed by atoms with Gasteiger partial charge >= 0.3 is 0 Å². The van der Waals surface area contributed by atoms with E-state index in [0.29, 0.717) is 0 Å². The smallest absolute Gasteiger partial charge is 0.0786 e. The number of hydrogen-bond acceptors (Lipinski definition) is 3. The lowest BCUT2D eigenvalue weighted by molar-refractivity contribution is 0.765. The van der Waals surface area contributed by atoms with Crippen LogP contribution in [0.1, 0.15) is 18.5 Å². The van der Waals surface area contributed by atoms with Gasteiger partial charge in [-0.15, -0.1) is 0 Å². The van der Waals surface area contributed by atoms with Crippen molar-refractivity contribution in [3.05, 3.63) is 41.2 Å². The van der Waals surface area contributed by atoms with E-state index in [2.05, 4.69) is 17.3 Å². The molecule has 1 heterocycles. The molecule has 0 radical (unpaired) electrons.